The third-order valence-corrected chi connectivity index (χ3v) is 3.82. The summed E-state index contributed by atoms with van der Waals surface area (Å²) >= 11 is 0. The number of anilines is 2. The summed E-state index contributed by atoms with van der Waals surface area (Å²) in [6.45, 7) is 0. The normalized spacial score (nSPS) is 11.4. The van der Waals surface area contributed by atoms with Crippen molar-refractivity contribution in [1.82, 2.24) is 0 Å². The van der Waals surface area contributed by atoms with Crippen LogP contribution in [0.5, 0.6) is 5.75 Å². The van der Waals surface area contributed by atoms with Gasteiger partial charge in [-0.3, -0.25) is 4.79 Å². The van der Waals surface area contributed by atoms with E-state index in [0.717, 1.165) is 11.3 Å². The molecule has 126 valence electrons. The first-order chi connectivity index (χ1) is 12.3. The largest absolute Gasteiger partial charge is 0.497 e. The van der Waals surface area contributed by atoms with Crippen LogP contribution in [0.2, 0.25) is 0 Å². The molecule has 1 atom stereocenters. The molecule has 3 rings (SSSR count). The van der Waals surface area contributed by atoms with Crippen LogP contribution in [0.4, 0.5) is 11.4 Å². The zero-order chi connectivity index (χ0) is 17.5. The highest BCUT2D eigenvalue weighted by atomic mass is 16.5. The second-order valence-electron chi connectivity index (χ2n) is 5.58. The van der Waals surface area contributed by atoms with Crippen LogP contribution >= 0.6 is 0 Å². The summed E-state index contributed by atoms with van der Waals surface area (Å²) in [5, 5.41) is 6.25. The van der Waals surface area contributed by atoms with E-state index in [4.69, 9.17) is 4.74 Å². The molecule has 0 heterocycles. The second-order valence-corrected chi connectivity index (χ2v) is 5.58. The molecule has 0 bridgehead atoms. The number of nitrogens with one attached hydrogen (secondary N) is 2. The summed E-state index contributed by atoms with van der Waals surface area (Å²) in [6, 6.07) is 26.2. The van der Waals surface area contributed by atoms with Crippen molar-refractivity contribution in [3.63, 3.8) is 0 Å². The van der Waals surface area contributed by atoms with Crippen LogP contribution in [-0.4, -0.2) is 13.0 Å². The van der Waals surface area contributed by atoms with Gasteiger partial charge in [0.25, 0.3) is 5.91 Å². The average Bonchev–Trinajstić information content (AvgIpc) is 2.67. The lowest BCUT2D eigenvalue weighted by molar-refractivity contribution is -0.117. The van der Waals surface area contributed by atoms with E-state index in [2.05, 4.69) is 10.6 Å². The predicted molar refractivity (Wildman–Crippen MR) is 101 cm³/mol. The fraction of sp³-hybridized carbons (Fsp3) is 0.0952. The summed E-state index contributed by atoms with van der Waals surface area (Å²) in [5.74, 6) is 0.563. The van der Waals surface area contributed by atoms with Crippen LogP contribution < -0.4 is 15.4 Å². The molecule has 0 radical (unpaired) electrons. The number of methoxy groups -OCH3 is 1. The standard InChI is InChI=1S/C21H20N2O2/c1-25-19-14-8-13-18(15-19)23-21(24)20(16-9-4-2-5-10-16)22-17-11-6-3-7-12-17/h2-15,20,22H,1H3,(H,23,24)/t20-/m1/s1. The predicted octanol–water partition coefficient (Wildman–Crippen LogP) is 4.49. The highest BCUT2D eigenvalue weighted by molar-refractivity contribution is 5.97. The van der Waals surface area contributed by atoms with Crippen LogP contribution in [0.1, 0.15) is 11.6 Å². The number of amides is 1. The van der Waals surface area contributed by atoms with Gasteiger partial charge < -0.3 is 15.4 Å². The Morgan fingerprint density at radius 3 is 2.16 bits per heavy atom. The van der Waals surface area contributed by atoms with Crippen molar-refractivity contribution in [3.8, 4) is 5.75 Å². The zero-order valence-corrected chi connectivity index (χ0v) is 14.0. The summed E-state index contributed by atoms with van der Waals surface area (Å²) in [6.07, 6.45) is 0. The maximum absolute atomic E-state index is 12.9. The van der Waals surface area contributed by atoms with Crippen molar-refractivity contribution in [2.45, 2.75) is 6.04 Å². The van der Waals surface area contributed by atoms with Gasteiger partial charge >= 0.3 is 0 Å². The monoisotopic (exact) mass is 332 g/mol. The first-order valence-corrected chi connectivity index (χ1v) is 8.08. The summed E-state index contributed by atoms with van der Waals surface area (Å²) < 4.78 is 5.21. The maximum atomic E-state index is 12.9. The minimum atomic E-state index is -0.505. The van der Waals surface area contributed by atoms with Crippen molar-refractivity contribution in [2.24, 2.45) is 0 Å². The number of para-hydroxylation sites is 1. The number of rotatable bonds is 6. The molecule has 0 aliphatic rings. The Kier molecular flexibility index (Phi) is 5.32. The van der Waals surface area contributed by atoms with Crippen LogP contribution in [0.15, 0.2) is 84.9 Å². The van der Waals surface area contributed by atoms with Gasteiger partial charge in [-0.25, -0.2) is 0 Å². The lowest BCUT2D eigenvalue weighted by Gasteiger charge is -2.20. The molecule has 0 aromatic heterocycles. The van der Waals surface area contributed by atoms with Crippen molar-refractivity contribution in [2.75, 3.05) is 17.7 Å². The van der Waals surface area contributed by atoms with Crippen LogP contribution in [0.3, 0.4) is 0 Å². The topological polar surface area (TPSA) is 50.4 Å². The van der Waals surface area contributed by atoms with Crippen LogP contribution in [0.25, 0.3) is 0 Å². The first kappa shape index (κ1) is 16.6. The molecule has 2 N–H and O–H groups in total. The third kappa shape index (κ3) is 4.38. The highest BCUT2D eigenvalue weighted by Gasteiger charge is 2.20. The summed E-state index contributed by atoms with van der Waals surface area (Å²) in [5.41, 5.74) is 2.48. The SMILES string of the molecule is COc1cccc(NC(=O)[C@H](Nc2ccccc2)c2ccccc2)c1. The molecule has 0 spiro atoms. The number of carbonyl (C=O) groups excluding carboxylic acids is 1. The lowest BCUT2D eigenvalue weighted by Crippen LogP contribution is -2.27. The van der Waals surface area contributed by atoms with E-state index in [-0.39, 0.29) is 5.91 Å². The van der Waals surface area contributed by atoms with Gasteiger partial charge in [0.15, 0.2) is 0 Å². The van der Waals surface area contributed by atoms with Gasteiger partial charge in [-0.15, -0.1) is 0 Å². The third-order valence-electron chi connectivity index (χ3n) is 3.82. The molecular weight excluding hydrogens is 312 g/mol. The molecule has 0 saturated heterocycles. The van der Waals surface area contributed by atoms with Gasteiger partial charge in [0.1, 0.15) is 11.8 Å². The Balaban J connectivity index is 1.84. The Bertz CT molecular complexity index is 820. The van der Waals surface area contributed by atoms with Crippen molar-refractivity contribution in [1.29, 1.82) is 0 Å². The van der Waals surface area contributed by atoms with E-state index < -0.39 is 6.04 Å². The fourth-order valence-corrected chi connectivity index (χ4v) is 2.56. The van der Waals surface area contributed by atoms with E-state index in [9.17, 15) is 4.79 Å². The van der Waals surface area contributed by atoms with Gasteiger partial charge in [0.2, 0.25) is 0 Å². The molecule has 0 saturated carbocycles. The fourth-order valence-electron chi connectivity index (χ4n) is 2.56. The van der Waals surface area contributed by atoms with Gasteiger partial charge in [0, 0.05) is 17.4 Å². The minimum absolute atomic E-state index is 0.136. The van der Waals surface area contributed by atoms with Gasteiger partial charge in [-0.05, 0) is 29.8 Å². The maximum Gasteiger partial charge on any atom is 0.251 e. The molecule has 25 heavy (non-hydrogen) atoms. The highest BCUT2D eigenvalue weighted by Crippen LogP contribution is 2.23. The van der Waals surface area contributed by atoms with Crippen LogP contribution in [0, 0.1) is 0 Å². The van der Waals surface area contributed by atoms with Crippen molar-refractivity contribution < 1.29 is 9.53 Å². The minimum Gasteiger partial charge on any atom is -0.497 e. The van der Waals surface area contributed by atoms with E-state index in [1.54, 1.807) is 13.2 Å². The van der Waals surface area contributed by atoms with E-state index in [1.165, 1.54) is 0 Å². The molecule has 0 fully saturated rings. The second kappa shape index (κ2) is 8.02. The Labute approximate surface area is 147 Å². The number of carbonyl (C=O) groups is 1. The zero-order valence-electron chi connectivity index (χ0n) is 14.0. The molecule has 0 unspecified atom stereocenters. The van der Waals surface area contributed by atoms with Gasteiger partial charge in [0.05, 0.1) is 7.11 Å². The van der Waals surface area contributed by atoms with Crippen molar-refractivity contribution in [3.05, 3.63) is 90.5 Å². The molecule has 0 aliphatic carbocycles. The van der Waals surface area contributed by atoms with Gasteiger partial charge in [-0.2, -0.15) is 0 Å². The van der Waals surface area contributed by atoms with E-state index >= 15 is 0 Å². The smallest absolute Gasteiger partial charge is 0.251 e. The first-order valence-electron chi connectivity index (χ1n) is 8.08. The molecule has 0 aliphatic heterocycles. The summed E-state index contributed by atoms with van der Waals surface area (Å²) in [7, 11) is 1.60. The number of hydrogen-bond donors (Lipinski definition) is 2. The molecule has 4 heteroatoms. The summed E-state index contributed by atoms with van der Waals surface area (Å²) in [4.78, 5) is 12.9. The van der Waals surface area contributed by atoms with E-state index in [1.807, 2.05) is 78.9 Å². The van der Waals surface area contributed by atoms with Gasteiger partial charge in [-0.1, -0.05) is 54.6 Å². The lowest BCUT2D eigenvalue weighted by atomic mass is 10.1. The Morgan fingerprint density at radius 1 is 0.840 bits per heavy atom. The molecular formula is C21H20N2O2. The Morgan fingerprint density at radius 2 is 1.48 bits per heavy atom. The average molecular weight is 332 g/mol. The number of hydrogen-bond acceptors (Lipinski definition) is 3. The van der Waals surface area contributed by atoms with Crippen LogP contribution in [-0.2, 0) is 4.79 Å². The quantitative estimate of drug-likeness (QED) is 0.699. The molecule has 4 nitrogen and oxygen atoms in total. The van der Waals surface area contributed by atoms with Crippen molar-refractivity contribution >= 4 is 17.3 Å². The number of ether oxygens (including phenoxy) is 1. The Hall–Kier alpha value is -3.27. The molecule has 1 amide bonds. The molecule has 3 aromatic carbocycles. The molecule has 3 aromatic rings. The number of benzene rings is 3. The van der Waals surface area contributed by atoms with E-state index in [0.29, 0.717) is 11.4 Å².